The van der Waals surface area contributed by atoms with Crippen molar-refractivity contribution in [1.29, 1.82) is 0 Å². The molecule has 0 amide bonds. The maximum atomic E-state index is 10.9. The molecule has 170 valence electrons. The third-order valence-corrected chi connectivity index (χ3v) is 5.44. The quantitative estimate of drug-likeness (QED) is 0.337. The van der Waals surface area contributed by atoms with Gasteiger partial charge in [0.1, 0.15) is 12.0 Å². The number of anilines is 2. The monoisotopic (exact) mass is 444 g/mol. The number of carbonyl (C=O) groups excluding carboxylic acids is 1. The van der Waals surface area contributed by atoms with Crippen LogP contribution in [0.2, 0.25) is 0 Å². The predicted octanol–water partition coefficient (Wildman–Crippen LogP) is 3.42. The minimum Gasteiger partial charge on any atom is -0.480 e. The van der Waals surface area contributed by atoms with Crippen LogP contribution in [0.3, 0.4) is 0 Å². The average molecular weight is 445 g/mol. The van der Waals surface area contributed by atoms with Gasteiger partial charge in [0.05, 0.1) is 18.3 Å². The molecule has 1 aromatic carbocycles. The van der Waals surface area contributed by atoms with Crippen LogP contribution in [0.5, 0.6) is 5.88 Å². The molecular weight excluding hydrogens is 416 g/mol. The normalized spacial score (nSPS) is 14.4. The van der Waals surface area contributed by atoms with E-state index in [0.29, 0.717) is 11.8 Å². The molecule has 8 heteroatoms. The second kappa shape index (κ2) is 9.79. The number of hydrogen-bond acceptors (Lipinski definition) is 8. The van der Waals surface area contributed by atoms with Crippen LogP contribution in [-0.4, -0.2) is 65.8 Å². The van der Waals surface area contributed by atoms with Gasteiger partial charge in [-0.25, -0.2) is 15.0 Å². The number of ether oxygens (including phenoxy) is 1. The Balaban J connectivity index is 1.76. The van der Waals surface area contributed by atoms with Crippen molar-refractivity contribution in [3.63, 3.8) is 0 Å². The summed E-state index contributed by atoms with van der Waals surface area (Å²) in [6.07, 6.45) is 8.67. The highest BCUT2D eigenvalue weighted by atomic mass is 16.5. The van der Waals surface area contributed by atoms with E-state index in [2.05, 4.69) is 28.3 Å². The summed E-state index contributed by atoms with van der Waals surface area (Å²) in [5.74, 6) is 0.972. The van der Waals surface area contributed by atoms with E-state index < -0.39 is 0 Å². The highest BCUT2D eigenvalue weighted by Gasteiger charge is 2.19. The van der Waals surface area contributed by atoms with E-state index in [9.17, 15) is 4.79 Å². The van der Waals surface area contributed by atoms with Gasteiger partial charge in [0.2, 0.25) is 11.8 Å². The minimum atomic E-state index is 0.447. The molecule has 33 heavy (non-hydrogen) atoms. The molecule has 0 unspecified atom stereocenters. The van der Waals surface area contributed by atoms with E-state index in [-0.39, 0.29) is 0 Å². The molecule has 0 atom stereocenters. The molecule has 3 aromatic rings. The van der Waals surface area contributed by atoms with Crippen LogP contribution in [-0.2, 0) is 17.8 Å². The topological polar surface area (TPSA) is 83.5 Å². The number of hydrogen-bond donors (Lipinski definition) is 1. The number of methoxy groups -OCH3 is 1. The molecule has 1 N–H and O–H groups in total. The first-order chi connectivity index (χ1) is 16.0. The lowest BCUT2D eigenvalue weighted by atomic mass is 10.0. The van der Waals surface area contributed by atoms with Gasteiger partial charge in [0.25, 0.3) is 0 Å². The standard InChI is InChI=1S/C25H28N6O2/c1-30(2)15-18(8-6-12-32)20-9-5-7-17-14-26-25(29-23(17)20)28-22-13-19-16-31(3)11-10-21(19)27-24(22)33-4/h5-9,12-15H,10-11,16H2,1-4H3,(H,26,28,29)/b8-6-,18-15+. The third-order valence-electron chi connectivity index (χ3n) is 5.44. The second-order valence-electron chi connectivity index (χ2n) is 8.24. The van der Waals surface area contributed by atoms with Crippen LogP contribution < -0.4 is 10.1 Å². The van der Waals surface area contributed by atoms with E-state index in [4.69, 9.17) is 14.7 Å². The summed E-state index contributed by atoms with van der Waals surface area (Å²) in [4.78, 5) is 29.2. The van der Waals surface area contributed by atoms with Crippen molar-refractivity contribution in [2.45, 2.75) is 13.0 Å². The molecule has 1 aliphatic rings. The van der Waals surface area contributed by atoms with Crippen LogP contribution >= 0.6 is 0 Å². The Morgan fingerprint density at radius 3 is 2.88 bits per heavy atom. The number of benzene rings is 1. The fourth-order valence-electron chi connectivity index (χ4n) is 3.93. The summed E-state index contributed by atoms with van der Waals surface area (Å²) in [6, 6.07) is 7.98. The van der Waals surface area contributed by atoms with Gasteiger partial charge in [-0.2, -0.15) is 0 Å². The van der Waals surface area contributed by atoms with Crippen LogP contribution in [0.1, 0.15) is 16.8 Å². The molecule has 1 aliphatic heterocycles. The van der Waals surface area contributed by atoms with Crippen LogP contribution in [0, 0.1) is 0 Å². The first kappa shape index (κ1) is 22.4. The molecule has 2 aromatic heterocycles. The van der Waals surface area contributed by atoms with Gasteiger partial charge in [-0.05, 0) is 36.4 Å². The van der Waals surface area contributed by atoms with Crippen molar-refractivity contribution in [3.8, 4) is 5.88 Å². The molecule has 3 heterocycles. The average Bonchev–Trinajstić information content (AvgIpc) is 2.80. The summed E-state index contributed by atoms with van der Waals surface area (Å²) >= 11 is 0. The number of likely N-dealkylation sites (N-methyl/N-ethyl adjacent to an activating group) is 1. The highest BCUT2D eigenvalue weighted by Crippen LogP contribution is 2.31. The number of nitrogens with one attached hydrogen (secondary N) is 1. The molecule has 8 nitrogen and oxygen atoms in total. The first-order valence-corrected chi connectivity index (χ1v) is 10.8. The lowest BCUT2D eigenvalue weighted by molar-refractivity contribution is -0.104. The predicted molar refractivity (Wildman–Crippen MR) is 131 cm³/mol. The van der Waals surface area contributed by atoms with Crippen LogP contribution in [0.25, 0.3) is 16.5 Å². The minimum absolute atomic E-state index is 0.447. The maximum Gasteiger partial charge on any atom is 0.237 e. The number of aromatic nitrogens is 3. The SMILES string of the molecule is COc1nc2c(cc1Nc1ncc3cccc(C(/C=C\C=O)=C/N(C)C)c3n1)CN(C)CC2. The van der Waals surface area contributed by atoms with Gasteiger partial charge in [-0.15, -0.1) is 0 Å². The van der Waals surface area contributed by atoms with Crippen LogP contribution in [0.4, 0.5) is 11.6 Å². The maximum absolute atomic E-state index is 10.9. The number of carbonyl (C=O) groups is 1. The van der Waals surface area contributed by atoms with E-state index in [1.165, 1.54) is 11.6 Å². The lowest BCUT2D eigenvalue weighted by Gasteiger charge is -2.25. The summed E-state index contributed by atoms with van der Waals surface area (Å²) in [5, 5.41) is 4.20. The zero-order valence-corrected chi connectivity index (χ0v) is 19.4. The Bertz CT molecular complexity index is 1240. The number of pyridine rings is 1. The number of aldehydes is 1. The van der Waals surface area contributed by atoms with E-state index in [1.54, 1.807) is 19.4 Å². The van der Waals surface area contributed by atoms with Crippen molar-refractivity contribution in [2.75, 3.05) is 40.1 Å². The Hall–Kier alpha value is -3.78. The number of allylic oxidation sites excluding steroid dienone is 3. The van der Waals surface area contributed by atoms with E-state index in [1.807, 2.05) is 43.4 Å². The Morgan fingerprint density at radius 1 is 1.27 bits per heavy atom. The van der Waals surface area contributed by atoms with E-state index >= 15 is 0 Å². The molecule has 0 spiro atoms. The van der Waals surface area contributed by atoms with Gasteiger partial charge in [-0.1, -0.05) is 18.2 Å². The van der Waals surface area contributed by atoms with Gasteiger partial charge in [0, 0.05) is 57.0 Å². The molecule has 0 radical (unpaired) electrons. The molecule has 0 saturated heterocycles. The second-order valence-corrected chi connectivity index (χ2v) is 8.24. The smallest absolute Gasteiger partial charge is 0.237 e. The molecule has 4 rings (SSSR count). The summed E-state index contributed by atoms with van der Waals surface area (Å²) in [6.45, 7) is 1.82. The highest BCUT2D eigenvalue weighted by molar-refractivity contribution is 5.94. The fraction of sp³-hybridized carbons (Fsp3) is 0.280. The zero-order chi connectivity index (χ0) is 23.4. The summed E-state index contributed by atoms with van der Waals surface area (Å²) in [7, 11) is 7.60. The largest absolute Gasteiger partial charge is 0.480 e. The van der Waals surface area contributed by atoms with Crippen molar-refractivity contribution < 1.29 is 9.53 Å². The molecular formula is C25H28N6O2. The van der Waals surface area contributed by atoms with Crippen molar-refractivity contribution in [3.05, 3.63) is 65.6 Å². The summed E-state index contributed by atoms with van der Waals surface area (Å²) in [5.41, 5.74) is 5.53. The molecule has 0 aliphatic carbocycles. The third kappa shape index (κ3) is 5.01. The summed E-state index contributed by atoms with van der Waals surface area (Å²) < 4.78 is 5.55. The number of rotatable bonds is 7. The van der Waals surface area contributed by atoms with Gasteiger partial charge >= 0.3 is 0 Å². The Kier molecular flexibility index (Phi) is 6.65. The number of para-hydroxylation sites is 1. The van der Waals surface area contributed by atoms with Gasteiger partial charge < -0.3 is 19.9 Å². The van der Waals surface area contributed by atoms with Crippen molar-refractivity contribution in [1.82, 2.24) is 24.8 Å². The Labute approximate surface area is 193 Å². The van der Waals surface area contributed by atoms with Gasteiger partial charge in [0.15, 0.2) is 0 Å². The van der Waals surface area contributed by atoms with Gasteiger partial charge in [-0.3, -0.25) is 4.79 Å². The molecule has 0 fully saturated rings. The first-order valence-electron chi connectivity index (χ1n) is 10.8. The molecule has 0 bridgehead atoms. The Morgan fingerprint density at radius 2 is 2.12 bits per heavy atom. The number of nitrogens with zero attached hydrogens (tertiary/aromatic N) is 5. The fourth-order valence-corrected chi connectivity index (χ4v) is 3.93. The molecule has 0 saturated carbocycles. The van der Waals surface area contributed by atoms with Crippen LogP contribution in [0.15, 0.2) is 48.8 Å². The number of fused-ring (bicyclic) bond motifs is 2. The van der Waals surface area contributed by atoms with Crippen molar-refractivity contribution >= 4 is 34.4 Å². The zero-order valence-electron chi connectivity index (χ0n) is 19.4. The van der Waals surface area contributed by atoms with Crippen molar-refractivity contribution in [2.24, 2.45) is 0 Å². The lowest BCUT2D eigenvalue weighted by Crippen LogP contribution is -2.27. The van der Waals surface area contributed by atoms with E-state index in [0.717, 1.165) is 59.2 Å².